The highest BCUT2D eigenvalue weighted by Gasteiger charge is 2.38. The lowest BCUT2D eigenvalue weighted by molar-refractivity contribution is -0.147. The van der Waals surface area contributed by atoms with Gasteiger partial charge in [0.15, 0.2) is 0 Å². The Balaban J connectivity index is 0.000000821. The zero-order valence-corrected chi connectivity index (χ0v) is 16.9. The number of carboxylic acid groups (broad SMARTS) is 1. The van der Waals surface area contributed by atoms with Crippen LogP contribution in [0.4, 0.5) is 4.79 Å². The van der Waals surface area contributed by atoms with Gasteiger partial charge in [-0.3, -0.25) is 4.79 Å². The molecule has 156 valence electrons. The molecule has 3 N–H and O–H groups in total. The Morgan fingerprint density at radius 3 is 2.41 bits per heavy atom. The van der Waals surface area contributed by atoms with Gasteiger partial charge in [-0.05, 0) is 33.6 Å². The van der Waals surface area contributed by atoms with E-state index in [0.29, 0.717) is 0 Å². The number of hydrogen-bond donors (Lipinski definition) is 3. The van der Waals surface area contributed by atoms with E-state index in [-0.39, 0.29) is 19.5 Å². The predicted molar refractivity (Wildman–Crippen MR) is 102 cm³/mol. The van der Waals surface area contributed by atoms with Gasteiger partial charge in [0.05, 0.1) is 6.10 Å². The summed E-state index contributed by atoms with van der Waals surface area (Å²) < 4.78 is 4.96. The Kier molecular flexibility index (Phi) is 11.4. The molecule has 1 aliphatic rings. The number of alkyl carbamates (subject to hydrolysis) is 1. The second kappa shape index (κ2) is 12.3. The van der Waals surface area contributed by atoms with E-state index in [2.05, 4.69) is 18.8 Å². The number of carbonyl (C=O) groups is 3. The average molecular weight is 386 g/mol. The highest BCUT2D eigenvalue weighted by molar-refractivity contribution is 5.87. The van der Waals surface area contributed by atoms with Gasteiger partial charge in [0.2, 0.25) is 5.91 Å². The molecule has 1 saturated heterocycles. The lowest BCUT2D eigenvalue weighted by Gasteiger charge is -2.22. The number of aliphatic carboxylic acids is 1. The van der Waals surface area contributed by atoms with Crippen molar-refractivity contribution in [2.45, 2.75) is 77.5 Å². The molecule has 0 aromatic heterocycles. The first-order chi connectivity index (χ1) is 12.5. The van der Waals surface area contributed by atoms with Crippen molar-refractivity contribution in [3.05, 3.63) is 12.7 Å². The van der Waals surface area contributed by atoms with E-state index in [9.17, 15) is 19.5 Å². The van der Waals surface area contributed by atoms with Crippen molar-refractivity contribution in [1.82, 2.24) is 10.2 Å². The molecule has 8 nitrogen and oxygen atoms in total. The van der Waals surface area contributed by atoms with Gasteiger partial charge in [-0.2, -0.15) is 0 Å². The van der Waals surface area contributed by atoms with Crippen molar-refractivity contribution in [2.24, 2.45) is 0 Å². The summed E-state index contributed by atoms with van der Waals surface area (Å²) in [6.07, 6.45) is 5.54. The number of aliphatic hydroxyl groups excluding tert-OH is 1. The van der Waals surface area contributed by atoms with Crippen LogP contribution in [-0.4, -0.2) is 63.9 Å². The molecule has 0 bridgehead atoms. The van der Waals surface area contributed by atoms with E-state index in [1.165, 1.54) is 25.7 Å². The molecular formula is C19H34N2O6. The third kappa shape index (κ3) is 11.3. The van der Waals surface area contributed by atoms with Crippen LogP contribution in [-0.2, 0) is 14.3 Å². The number of hydrogen-bond acceptors (Lipinski definition) is 5. The molecule has 1 aliphatic heterocycles. The molecule has 1 fully saturated rings. The fraction of sp³-hybridized carbons (Fsp3) is 0.737. The fourth-order valence-corrected chi connectivity index (χ4v) is 2.43. The van der Waals surface area contributed by atoms with Crippen LogP contribution in [0.15, 0.2) is 12.7 Å². The van der Waals surface area contributed by atoms with Crippen LogP contribution in [0.1, 0.15) is 59.8 Å². The van der Waals surface area contributed by atoms with Crippen molar-refractivity contribution in [3.63, 3.8) is 0 Å². The number of aliphatic hydroxyl groups is 1. The number of likely N-dealkylation sites (tertiary alicyclic amines) is 1. The zero-order valence-electron chi connectivity index (χ0n) is 16.9. The van der Waals surface area contributed by atoms with Crippen LogP contribution in [0.2, 0.25) is 0 Å². The van der Waals surface area contributed by atoms with Crippen LogP contribution in [0.3, 0.4) is 0 Å². The highest BCUT2D eigenvalue weighted by atomic mass is 16.6. The van der Waals surface area contributed by atoms with Crippen LogP contribution in [0.5, 0.6) is 0 Å². The number of nitrogens with one attached hydrogen (secondary N) is 1. The van der Waals surface area contributed by atoms with Gasteiger partial charge in [-0.1, -0.05) is 25.8 Å². The van der Waals surface area contributed by atoms with Crippen LogP contribution >= 0.6 is 0 Å². The monoisotopic (exact) mass is 386 g/mol. The van der Waals surface area contributed by atoms with E-state index in [1.807, 2.05) is 6.08 Å². The van der Waals surface area contributed by atoms with Crippen molar-refractivity contribution in [3.8, 4) is 0 Å². The molecule has 0 radical (unpaired) electrons. The standard InChI is InChI=1S/C12H20N2O6.C7H14/c1-12(2,3)20-11(19)13-5-9(16)14-6-7(15)4-8(14)10(17)18;1-3-5-7-6-4-2/h7-8,15H,4-6H2,1-3H3,(H,13,19)(H,17,18);3H,1,4-7H2,2H3. The predicted octanol–water partition coefficient (Wildman–Crippen LogP) is 2.31. The summed E-state index contributed by atoms with van der Waals surface area (Å²) in [5, 5.41) is 20.7. The Hall–Kier alpha value is -2.09. The van der Waals surface area contributed by atoms with Crippen molar-refractivity contribution < 1.29 is 29.3 Å². The fourth-order valence-electron chi connectivity index (χ4n) is 2.43. The molecule has 0 spiro atoms. The third-order valence-corrected chi connectivity index (χ3v) is 3.68. The van der Waals surface area contributed by atoms with E-state index in [1.54, 1.807) is 20.8 Å². The molecule has 0 aromatic rings. The Morgan fingerprint density at radius 2 is 1.93 bits per heavy atom. The minimum Gasteiger partial charge on any atom is -0.480 e. The maximum atomic E-state index is 11.9. The Bertz CT molecular complexity index is 501. The number of ether oxygens (including phenoxy) is 1. The maximum Gasteiger partial charge on any atom is 0.408 e. The molecule has 27 heavy (non-hydrogen) atoms. The van der Waals surface area contributed by atoms with Gasteiger partial charge < -0.3 is 25.2 Å². The molecular weight excluding hydrogens is 352 g/mol. The van der Waals surface area contributed by atoms with Gasteiger partial charge in [0.1, 0.15) is 18.2 Å². The second-order valence-corrected chi connectivity index (χ2v) is 7.43. The van der Waals surface area contributed by atoms with Gasteiger partial charge in [-0.25, -0.2) is 9.59 Å². The van der Waals surface area contributed by atoms with E-state index in [0.717, 1.165) is 4.90 Å². The minimum atomic E-state index is -1.17. The minimum absolute atomic E-state index is 0.00644. The lowest BCUT2D eigenvalue weighted by atomic mass is 10.2. The first-order valence-electron chi connectivity index (χ1n) is 9.29. The van der Waals surface area contributed by atoms with E-state index >= 15 is 0 Å². The van der Waals surface area contributed by atoms with E-state index in [4.69, 9.17) is 9.84 Å². The number of rotatable bonds is 7. The third-order valence-electron chi connectivity index (χ3n) is 3.68. The molecule has 0 aliphatic carbocycles. The topological polar surface area (TPSA) is 116 Å². The van der Waals surface area contributed by atoms with Gasteiger partial charge in [0, 0.05) is 13.0 Å². The molecule has 1 rings (SSSR count). The van der Waals surface area contributed by atoms with Crippen molar-refractivity contribution in [1.29, 1.82) is 0 Å². The summed E-state index contributed by atoms with van der Waals surface area (Å²) >= 11 is 0. The normalized spacial score (nSPS) is 18.9. The Labute approximate surface area is 161 Å². The van der Waals surface area contributed by atoms with Gasteiger partial charge in [-0.15, -0.1) is 6.58 Å². The SMILES string of the molecule is C=CCCCCC.CC(C)(C)OC(=O)NCC(=O)N1CC(O)CC1C(=O)O. The molecule has 8 heteroatoms. The zero-order chi connectivity index (χ0) is 21.0. The number of nitrogens with zero attached hydrogens (tertiary/aromatic N) is 1. The first-order valence-corrected chi connectivity index (χ1v) is 9.29. The molecule has 2 atom stereocenters. The summed E-state index contributed by atoms with van der Waals surface area (Å²) in [5.41, 5.74) is -0.680. The molecule has 1 heterocycles. The van der Waals surface area contributed by atoms with Crippen LogP contribution < -0.4 is 5.32 Å². The summed E-state index contributed by atoms with van der Waals surface area (Å²) in [6.45, 7) is 10.5. The number of allylic oxidation sites excluding steroid dienone is 1. The number of amides is 2. The summed E-state index contributed by atoms with van der Waals surface area (Å²) in [7, 11) is 0. The van der Waals surface area contributed by atoms with Crippen LogP contribution in [0, 0.1) is 0 Å². The van der Waals surface area contributed by atoms with E-state index < -0.39 is 35.7 Å². The second-order valence-electron chi connectivity index (χ2n) is 7.43. The van der Waals surface area contributed by atoms with Crippen LogP contribution in [0.25, 0.3) is 0 Å². The quantitative estimate of drug-likeness (QED) is 0.457. The summed E-state index contributed by atoms with van der Waals surface area (Å²) in [4.78, 5) is 35.3. The van der Waals surface area contributed by atoms with Gasteiger partial charge >= 0.3 is 12.1 Å². The average Bonchev–Trinajstić information content (AvgIpc) is 2.94. The largest absolute Gasteiger partial charge is 0.480 e. The molecule has 0 saturated carbocycles. The lowest BCUT2D eigenvalue weighted by Crippen LogP contribution is -2.46. The first kappa shape index (κ1) is 24.9. The van der Waals surface area contributed by atoms with Gasteiger partial charge in [0.25, 0.3) is 0 Å². The number of carboxylic acids is 1. The summed E-state index contributed by atoms with van der Waals surface area (Å²) in [5.74, 6) is -1.74. The number of carbonyl (C=O) groups excluding carboxylic acids is 2. The Morgan fingerprint density at radius 1 is 1.30 bits per heavy atom. The molecule has 2 unspecified atom stereocenters. The number of unbranched alkanes of at least 4 members (excludes halogenated alkanes) is 3. The maximum absolute atomic E-state index is 11.9. The summed E-state index contributed by atoms with van der Waals surface area (Å²) in [6, 6.07) is -1.06. The molecule has 2 amide bonds. The smallest absolute Gasteiger partial charge is 0.408 e. The van der Waals surface area contributed by atoms with Crippen molar-refractivity contribution in [2.75, 3.05) is 13.1 Å². The molecule has 0 aromatic carbocycles. The van der Waals surface area contributed by atoms with Crippen molar-refractivity contribution >= 4 is 18.0 Å². The highest BCUT2D eigenvalue weighted by Crippen LogP contribution is 2.18. The number of β-amino-alcohol motifs (C(OH)–C–C–N with tert-alkyl or cyclic N) is 1.